The van der Waals surface area contributed by atoms with E-state index in [1.807, 2.05) is 75.4 Å². The summed E-state index contributed by atoms with van der Waals surface area (Å²) in [4.78, 5) is 31.6. The SMILES string of the molecule is CCN(C(=O)c1cc(C(=O)NC(C)c2ccccc2)ccn1)c1cccc(C)c1. The molecule has 1 unspecified atom stereocenters. The molecule has 5 nitrogen and oxygen atoms in total. The van der Waals surface area contributed by atoms with Crippen molar-refractivity contribution in [2.24, 2.45) is 0 Å². The molecule has 0 fully saturated rings. The second-order valence-corrected chi connectivity index (χ2v) is 6.92. The Morgan fingerprint density at radius 3 is 2.48 bits per heavy atom. The lowest BCUT2D eigenvalue weighted by atomic mass is 10.1. The van der Waals surface area contributed by atoms with E-state index in [0.29, 0.717) is 12.1 Å². The van der Waals surface area contributed by atoms with Crippen LogP contribution in [0.25, 0.3) is 0 Å². The number of pyridine rings is 1. The highest BCUT2D eigenvalue weighted by atomic mass is 16.2. The van der Waals surface area contributed by atoms with Gasteiger partial charge in [-0.25, -0.2) is 0 Å². The molecule has 0 saturated heterocycles. The summed E-state index contributed by atoms with van der Waals surface area (Å²) in [5, 5.41) is 2.97. The fourth-order valence-corrected chi connectivity index (χ4v) is 3.17. The number of hydrogen-bond donors (Lipinski definition) is 1. The number of hydrogen-bond acceptors (Lipinski definition) is 3. The maximum Gasteiger partial charge on any atom is 0.276 e. The van der Waals surface area contributed by atoms with Crippen LogP contribution in [0.3, 0.4) is 0 Å². The zero-order chi connectivity index (χ0) is 20.8. The van der Waals surface area contributed by atoms with E-state index >= 15 is 0 Å². The third kappa shape index (κ3) is 4.88. The minimum atomic E-state index is -0.239. The van der Waals surface area contributed by atoms with Gasteiger partial charge >= 0.3 is 0 Å². The van der Waals surface area contributed by atoms with Gasteiger partial charge in [-0.3, -0.25) is 14.6 Å². The van der Waals surface area contributed by atoms with Gasteiger partial charge in [-0.2, -0.15) is 0 Å². The molecule has 3 aromatic rings. The molecule has 0 aliphatic carbocycles. The van der Waals surface area contributed by atoms with Crippen LogP contribution in [-0.2, 0) is 0 Å². The van der Waals surface area contributed by atoms with E-state index in [2.05, 4.69) is 10.3 Å². The fourth-order valence-electron chi connectivity index (χ4n) is 3.17. The van der Waals surface area contributed by atoms with Crippen molar-refractivity contribution in [3.63, 3.8) is 0 Å². The third-order valence-electron chi connectivity index (χ3n) is 4.76. The van der Waals surface area contributed by atoms with Crippen LogP contribution < -0.4 is 10.2 Å². The van der Waals surface area contributed by atoms with Gasteiger partial charge in [0.15, 0.2) is 0 Å². The van der Waals surface area contributed by atoms with E-state index in [1.54, 1.807) is 17.0 Å². The normalized spacial score (nSPS) is 11.6. The number of nitrogens with one attached hydrogen (secondary N) is 1. The zero-order valence-corrected chi connectivity index (χ0v) is 16.9. The summed E-state index contributed by atoms with van der Waals surface area (Å²) >= 11 is 0. The van der Waals surface area contributed by atoms with E-state index in [1.165, 1.54) is 6.20 Å². The molecule has 1 N–H and O–H groups in total. The van der Waals surface area contributed by atoms with E-state index in [-0.39, 0.29) is 23.6 Å². The summed E-state index contributed by atoms with van der Waals surface area (Å²) in [5.41, 5.74) is 3.55. The van der Waals surface area contributed by atoms with Crippen LogP contribution in [0.5, 0.6) is 0 Å². The van der Waals surface area contributed by atoms with E-state index < -0.39 is 0 Å². The quantitative estimate of drug-likeness (QED) is 0.675. The van der Waals surface area contributed by atoms with Crippen molar-refractivity contribution in [1.82, 2.24) is 10.3 Å². The number of aryl methyl sites for hydroxylation is 1. The lowest BCUT2D eigenvalue weighted by Crippen LogP contribution is -2.32. The number of carbonyl (C=O) groups is 2. The molecular weight excluding hydrogens is 362 g/mol. The second-order valence-electron chi connectivity index (χ2n) is 6.92. The average Bonchev–Trinajstić information content (AvgIpc) is 2.75. The molecular formula is C24H25N3O2. The minimum absolute atomic E-state index is 0.143. The highest BCUT2D eigenvalue weighted by molar-refractivity contribution is 6.06. The van der Waals surface area contributed by atoms with Gasteiger partial charge in [0.1, 0.15) is 5.69 Å². The summed E-state index contributed by atoms with van der Waals surface area (Å²) in [5.74, 6) is -0.472. The van der Waals surface area contributed by atoms with Crippen molar-refractivity contribution in [3.8, 4) is 0 Å². The van der Waals surface area contributed by atoms with Crippen molar-refractivity contribution in [2.45, 2.75) is 26.8 Å². The first-order valence-electron chi connectivity index (χ1n) is 9.70. The molecule has 148 valence electrons. The molecule has 0 bridgehead atoms. The van der Waals surface area contributed by atoms with Crippen LogP contribution in [0, 0.1) is 6.92 Å². The first kappa shape index (κ1) is 20.3. The summed E-state index contributed by atoms with van der Waals surface area (Å²) in [6.45, 7) is 6.33. The first-order chi connectivity index (χ1) is 14.0. The molecule has 1 aromatic heterocycles. The molecule has 2 amide bonds. The number of nitrogens with zero attached hydrogens (tertiary/aromatic N) is 2. The van der Waals surface area contributed by atoms with Gasteiger partial charge in [0.05, 0.1) is 6.04 Å². The Labute approximate surface area is 171 Å². The van der Waals surface area contributed by atoms with E-state index in [4.69, 9.17) is 0 Å². The molecule has 2 aromatic carbocycles. The average molecular weight is 387 g/mol. The molecule has 0 aliphatic rings. The summed E-state index contributed by atoms with van der Waals surface area (Å²) in [6, 6.07) is 20.5. The smallest absolute Gasteiger partial charge is 0.276 e. The lowest BCUT2D eigenvalue weighted by Gasteiger charge is -2.21. The number of anilines is 1. The maximum atomic E-state index is 13.0. The molecule has 3 rings (SSSR count). The Kier molecular flexibility index (Phi) is 6.39. The van der Waals surface area contributed by atoms with Crippen LogP contribution in [-0.4, -0.2) is 23.3 Å². The fraction of sp³-hybridized carbons (Fsp3) is 0.208. The van der Waals surface area contributed by atoms with Crippen molar-refractivity contribution >= 4 is 17.5 Å². The van der Waals surface area contributed by atoms with E-state index in [9.17, 15) is 9.59 Å². The Balaban J connectivity index is 1.79. The van der Waals surface area contributed by atoms with Crippen LogP contribution in [0.2, 0.25) is 0 Å². The summed E-state index contributed by atoms with van der Waals surface area (Å²) < 4.78 is 0. The highest BCUT2D eigenvalue weighted by Crippen LogP contribution is 2.19. The van der Waals surface area contributed by atoms with Crippen LogP contribution in [0.1, 0.15) is 51.9 Å². The van der Waals surface area contributed by atoms with Crippen molar-refractivity contribution in [3.05, 3.63) is 95.3 Å². The molecule has 0 saturated carbocycles. The third-order valence-corrected chi connectivity index (χ3v) is 4.76. The Bertz CT molecular complexity index is 1000. The first-order valence-corrected chi connectivity index (χ1v) is 9.70. The topological polar surface area (TPSA) is 62.3 Å². The number of amides is 2. The lowest BCUT2D eigenvalue weighted by molar-refractivity contribution is 0.0939. The Morgan fingerprint density at radius 2 is 1.79 bits per heavy atom. The Hall–Kier alpha value is -3.47. The van der Waals surface area contributed by atoms with Crippen molar-refractivity contribution in [2.75, 3.05) is 11.4 Å². The molecule has 5 heteroatoms. The van der Waals surface area contributed by atoms with Crippen molar-refractivity contribution < 1.29 is 9.59 Å². The minimum Gasteiger partial charge on any atom is -0.346 e. The van der Waals surface area contributed by atoms with Gasteiger partial charge in [0, 0.05) is 24.0 Å². The summed E-state index contributed by atoms with van der Waals surface area (Å²) in [6.07, 6.45) is 1.50. The van der Waals surface area contributed by atoms with Gasteiger partial charge in [-0.15, -0.1) is 0 Å². The molecule has 0 spiro atoms. The van der Waals surface area contributed by atoms with Gasteiger partial charge < -0.3 is 10.2 Å². The van der Waals surface area contributed by atoms with Crippen molar-refractivity contribution in [1.29, 1.82) is 0 Å². The number of aromatic nitrogens is 1. The Morgan fingerprint density at radius 1 is 1.03 bits per heavy atom. The van der Waals surface area contributed by atoms with Crippen LogP contribution in [0.15, 0.2) is 72.9 Å². The predicted octanol–water partition coefficient (Wildman–Crippen LogP) is 4.55. The predicted molar refractivity (Wildman–Crippen MR) is 115 cm³/mol. The molecule has 0 aliphatic heterocycles. The molecule has 0 radical (unpaired) electrons. The van der Waals surface area contributed by atoms with Crippen LogP contribution >= 0.6 is 0 Å². The summed E-state index contributed by atoms with van der Waals surface area (Å²) in [7, 11) is 0. The standard InChI is InChI=1S/C24H25N3O2/c1-4-27(21-12-8-9-17(2)15-21)24(29)22-16-20(13-14-25-22)23(28)26-18(3)19-10-6-5-7-11-19/h5-16,18H,4H2,1-3H3,(H,26,28). The molecule has 1 atom stereocenters. The zero-order valence-electron chi connectivity index (χ0n) is 16.9. The number of benzene rings is 2. The number of rotatable bonds is 6. The van der Waals surface area contributed by atoms with Gasteiger partial charge in [0.2, 0.25) is 0 Å². The second kappa shape index (κ2) is 9.15. The molecule has 29 heavy (non-hydrogen) atoms. The van der Waals surface area contributed by atoms with E-state index in [0.717, 1.165) is 16.8 Å². The highest BCUT2D eigenvalue weighted by Gasteiger charge is 2.19. The molecule has 1 heterocycles. The largest absolute Gasteiger partial charge is 0.346 e. The van der Waals surface area contributed by atoms with Crippen LogP contribution in [0.4, 0.5) is 5.69 Å². The van der Waals surface area contributed by atoms with Gasteiger partial charge in [-0.05, 0) is 56.2 Å². The monoisotopic (exact) mass is 387 g/mol. The number of carbonyl (C=O) groups excluding carboxylic acids is 2. The van der Waals surface area contributed by atoms with Gasteiger partial charge in [-0.1, -0.05) is 42.5 Å². The maximum absolute atomic E-state index is 13.0. The van der Waals surface area contributed by atoms with Gasteiger partial charge in [0.25, 0.3) is 11.8 Å².